The standard InChI is InChI=1S/C15H21N5O/c1-20-8-6-13(7-9-20)17-10-11-2-4-12(5-3-11)14-18-19-15(16)21-14/h2-5,13,17H,6-10H2,1H3,(H2,16,19). The number of rotatable bonds is 4. The highest BCUT2D eigenvalue weighted by molar-refractivity contribution is 5.53. The third-order valence-corrected chi connectivity index (χ3v) is 3.95. The number of benzene rings is 1. The molecule has 0 radical (unpaired) electrons. The molecule has 0 spiro atoms. The van der Waals surface area contributed by atoms with E-state index >= 15 is 0 Å². The second-order valence-corrected chi connectivity index (χ2v) is 5.60. The van der Waals surface area contributed by atoms with E-state index in [9.17, 15) is 0 Å². The zero-order valence-corrected chi connectivity index (χ0v) is 12.2. The maximum absolute atomic E-state index is 5.43. The average molecular weight is 287 g/mol. The van der Waals surface area contributed by atoms with Gasteiger partial charge in [0.05, 0.1) is 0 Å². The molecular formula is C15H21N5O. The van der Waals surface area contributed by atoms with Crippen molar-refractivity contribution in [2.45, 2.75) is 25.4 Å². The fourth-order valence-electron chi connectivity index (χ4n) is 2.59. The Balaban J connectivity index is 1.55. The van der Waals surface area contributed by atoms with Gasteiger partial charge in [-0.15, -0.1) is 5.10 Å². The summed E-state index contributed by atoms with van der Waals surface area (Å²) in [6, 6.07) is 8.85. The van der Waals surface area contributed by atoms with Crippen molar-refractivity contribution in [2.75, 3.05) is 25.9 Å². The SMILES string of the molecule is CN1CCC(NCc2ccc(-c3nnc(N)o3)cc2)CC1. The van der Waals surface area contributed by atoms with Gasteiger partial charge >= 0.3 is 6.01 Å². The minimum absolute atomic E-state index is 0.0954. The number of nitrogens with two attached hydrogens (primary N) is 1. The lowest BCUT2D eigenvalue weighted by Gasteiger charge is -2.29. The van der Waals surface area contributed by atoms with Gasteiger partial charge < -0.3 is 20.4 Å². The van der Waals surface area contributed by atoms with Crippen LogP contribution in [0.1, 0.15) is 18.4 Å². The van der Waals surface area contributed by atoms with Crippen molar-refractivity contribution in [3.63, 3.8) is 0 Å². The van der Waals surface area contributed by atoms with Gasteiger partial charge in [0.2, 0.25) is 5.89 Å². The van der Waals surface area contributed by atoms with Crippen LogP contribution in [0.4, 0.5) is 6.01 Å². The van der Waals surface area contributed by atoms with Crippen LogP contribution < -0.4 is 11.1 Å². The van der Waals surface area contributed by atoms with E-state index in [2.05, 4.69) is 39.6 Å². The topological polar surface area (TPSA) is 80.2 Å². The smallest absolute Gasteiger partial charge is 0.313 e. The van der Waals surface area contributed by atoms with E-state index in [1.165, 1.54) is 31.5 Å². The molecule has 21 heavy (non-hydrogen) atoms. The van der Waals surface area contributed by atoms with Crippen LogP contribution in [0.25, 0.3) is 11.5 Å². The zero-order chi connectivity index (χ0) is 14.7. The van der Waals surface area contributed by atoms with Crippen LogP contribution in [-0.4, -0.2) is 41.3 Å². The van der Waals surface area contributed by atoms with Gasteiger partial charge in [0.15, 0.2) is 0 Å². The number of nitrogen functional groups attached to an aromatic ring is 1. The molecular weight excluding hydrogens is 266 g/mol. The highest BCUT2D eigenvalue weighted by Gasteiger charge is 2.15. The summed E-state index contributed by atoms with van der Waals surface area (Å²) >= 11 is 0. The molecule has 1 aromatic carbocycles. The molecule has 1 aromatic heterocycles. The second kappa shape index (κ2) is 6.24. The number of nitrogens with one attached hydrogen (secondary N) is 1. The van der Waals surface area contributed by atoms with Crippen molar-refractivity contribution >= 4 is 6.01 Å². The van der Waals surface area contributed by atoms with Crippen molar-refractivity contribution < 1.29 is 4.42 Å². The van der Waals surface area contributed by atoms with Crippen molar-refractivity contribution in [3.05, 3.63) is 29.8 Å². The maximum atomic E-state index is 5.43. The van der Waals surface area contributed by atoms with Gasteiger partial charge in [0.1, 0.15) is 0 Å². The molecule has 3 N–H and O–H groups in total. The van der Waals surface area contributed by atoms with Gasteiger partial charge in [-0.3, -0.25) is 0 Å². The average Bonchev–Trinajstić information content (AvgIpc) is 2.94. The Kier molecular flexibility index (Phi) is 4.17. The van der Waals surface area contributed by atoms with Crippen LogP contribution in [-0.2, 0) is 6.54 Å². The number of anilines is 1. The van der Waals surface area contributed by atoms with Gasteiger partial charge in [-0.05, 0) is 50.7 Å². The molecule has 112 valence electrons. The summed E-state index contributed by atoms with van der Waals surface area (Å²) in [5.41, 5.74) is 7.58. The number of likely N-dealkylation sites (tertiary alicyclic amines) is 1. The largest absolute Gasteiger partial charge is 0.404 e. The predicted molar refractivity (Wildman–Crippen MR) is 81.5 cm³/mol. The van der Waals surface area contributed by atoms with E-state index in [0.29, 0.717) is 11.9 Å². The molecule has 0 amide bonds. The van der Waals surface area contributed by atoms with Crippen LogP contribution in [0.3, 0.4) is 0 Å². The van der Waals surface area contributed by atoms with E-state index in [4.69, 9.17) is 10.2 Å². The Labute approximate surface area is 124 Å². The molecule has 2 aromatic rings. The summed E-state index contributed by atoms with van der Waals surface area (Å²) in [7, 11) is 2.18. The summed E-state index contributed by atoms with van der Waals surface area (Å²) in [6.07, 6.45) is 2.44. The quantitative estimate of drug-likeness (QED) is 0.887. The highest BCUT2D eigenvalue weighted by Crippen LogP contribution is 2.19. The number of hydrogen-bond acceptors (Lipinski definition) is 6. The monoisotopic (exact) mass is 287 g/mol. The number of aromatic nitrogens is 2. The Morgan fingerprint density at radius 3 is 2.57 bits per heavy atom. The van der Waals surface area contributed by atoms with Crippen molar-refractivity contribution in [1.82, 2.24) is 20.4 Å². The number of nitrogens with zero attached hydrogens (tertiary/aromatic N) is 3. The minimum Gasteiger partial charge on any atom is -0.404 e. The second-order valence-electron chi connectivity index (χ2n) is 5.60. The van der Waals surface area contributed by atoms with E-state index in [1.54, 1.807) is 0 Å². The summed E-state index contributed by atoms with van der Waals surface area (Å²) < 4.78 is 5.21. The molecule has 3 rings (SSSR count). The third-order valence-electron chi connectivity index (χ3n) is 3.95. The predicted octanol–water partition coefficient (Wildman–Crippen LogP) is 1.50. The molecule has 0 saturated carbocycles. The maximum Gasteiger partial charge on any atom is 0.313 e. The van der Waals surface area contributed by atoms with Crippen LogP contribution >= 0.6 is 0 Å². The summed E-state index contributed by atoms with van der Waals surface area (Å²) in [6.45, 7) is 3.24. The first kappa shape index (κ1) is 14.0. The Hall–Kier alpha value is -1.92. The molecule has 1 saturated heterocycles. The van der Waals surface area contributed by atoms with Gasteiger partial charge in [-0.1, -0.05) is 17.2 Å². The Morgan fingerprint density at radius 1 is 1.24 bits per heavy atom. The molecule has 0 unspecified atom stereocenters. The molecule has 1 aliphatic heterocycles. The molecule has 1 aliphatic rings. The molecule has 6 nitrogen and oxygen atoms in total. The fraction of sp³-hybridized carbons (Fsp3) is 0.467. The molecule has 0 bridgehead atoms. The lowest BCUT2D eigenvalue weighted by atomic mass is 10.0. The van der Waals surface area contributed by atoms with Crippen molar-refractivity contribution in [2.24, 2.45) is 0 Å². The van der Waals surface area contributed by atoms with Gasteiger partial charge in [-0.2, -0.15) is 0 Å². The molecule has 2 heterocycles. The third kappa shape index (κ3) is 3.59. The van der Waals surface area contributed by atoms with Crippen LogP contribution in [0.2, 0.25) is 0 Å². The molecule has 1 fully saturated rings. The minimum atomic E-state index is 0.0954. The first-order valence-electron chi connectivity index (χ1n) is 7.31. The highest BCUT2D eigenvalue weighted by atomic mass is 16.4. The summed E-state index contributed by atoms with van der Waals surface area (Å²) in [4.78, 5) is 2.38. The van der Waals surface area contributed by atoms with E-state index in [-0.39, 0.29) is 6.01 Å². The van der Waals surface area contributed by atoms with Gasteiger partial charge in [-0.25, -0.2) is 0 Å². The van der Waals surface area contributed by atoms with Gasteiger partial charge in [0, 0.05) is 18.2 Å². The van der Waals surface area contributed by atoms with Crippen LogP contribution in [0.5, 0.6) is 0 Å². The van der Waals surface area contributed by atoms with Crippen molar-refractivity contribution in [1.29, 1.82) is 0 Å². The van der Waals surface area contributed by atoms with Crippen LogP contribution in [0.15, 0.2) is 28.7 Å². The van der Waals surface area contributed by atoms with E-state index < -0.39 is 0 Å². The van der Waals surface area contributed by atoms with Gasteiger partial charge in [0.25, 0.3) is 0 Å². The first-order valence-corrected chi connectivity index (χ1v) is 7.31. The number of piperidine rings is 1. The Morgan fingerprint density at radius 2 is 1.95 bits per heavy atom. The molecule has 0 aliphatic carbocycles. The number of hydrogen-bond donors (Lipinski definition) is 2. The molecule has 0 atom stereocenters. The lowest BCUT2D eigenvalue weighted by Crippen LogP contribution is -2.40. The Bertz CT molecular complexity index is 572. The lowest BCUT2D eigenvalue weighted by molar-refractivity contribution is 0.234. The summed E-state index contributed by atoms with van der Waals surface area (Å²) in [5, 5.41) is 11.2. The van der Waals surface area contributed by atoms with Crippen molar-refractivity contribution in [3.8, 4) is 11.5 Å². The molecule has 6 heteroatoms. The zero-order valence-electron chi connectivity index (χ0n) is 12.2. The van der Waals surface area contributed by atoms with E-state index in [1.807, 2.05) is 12.1 Å². The van der Waals surface area contributed by atoms with E-state index in [0.717, 1.165) is 12.1 Å². The summed E-state index contributed by atoms with van der Waals surface area (Å²) in [5.74, 6) is 0.460. The fourth-order valence-corrected chi connectivity index (χ4v) is 2.59. The normalized spacial score (nSPS) is 17.2. The van der Waals surface area contributed by atoms with Crippen LogP contribution in [0, 0.1) is 0 Å². The first-order chi connectivity index (χ1) is 10.2.